The van der Waals surface area contributed by atoms with E-state index >= 15 is 0 Å². The van der Waals surface area contributed by atoms with Gasteiger partial charge in [-0.1, -0.05) is 35.3 Å². The lowest BCUT2D eigenvalue weighted by Gasteiger charge is -2.34. The molecule has 7 nitrogen and oxygen atoms in total. The molecule has 1 N–H and O–H groups in total. The van der Waals surface area contributed by atoms with Crippen LogP contribution in [0.2, 0.25) is 10.0 Å². The van der Waals surface area contributed by atoms with Crippen molar-refractivity contribution in [3.05, 3.63) is 89.1 Å². The van der Waals surface area contributed by atoms with Crippen molar-refractivity contribution in [3.63, 3.8) is 0 Å². The molecule has 1 aliphatic heterocycles. The summed E-state index contributed by atoms with van der Waals surface area (Å²) in [5, 5.41) is 3.79. The Balaban J connectivity index is 1.30. The van der Waals surface area contributed by atoms with E-state index in [1.165, 1.54) is 17.4 Å². The molecule has 0 bridgehead atoms. The minimum absolute atomic E-state index is 0.113. The molecule has 1 fully saturated rings. The van der Waals surface area contributed by atoms with Crippen molar-refractivity contribution < 1.29 is 14.0 Å². The number of thiophene rings is 1. The molecule has 0 spiro atoms. The summed E-state index contributed by atoms with van der Waals surface area (Å²) in [7, 11) is 0. The number of carbonyl (C=O) groups is 2. The molecule has 1 saturated heterocycles. The molecule has 184 valence electrons. The van der Waals surface area contributed by atoms with Gasteiger partial charge in [0.05, 0.1) is 20.5 Å². The zero-order chi connectivity index (χ0) is 25.1. The van der Waals surface area contributed by atoms with Crippen LogP contribution in [-0.2, 0) is 13.1 Å². The van der Waals surface area contributed by atoms with Gasteiger partial charge in [0.1, 0.15) is 5.76 Å². The molecule has 1 aliphatic rings. The summed E-state index contributed by atoms with van der Waals surface area (Å²) < 4.78 is 5.12. The van der Waals surface area contributed by atoms with Crippen molar-refractivity contribution in [3.8, 4) is 0 Å². The van der Waals surface area contributed by atoms with Crippen LogP contribution in [0, 0.1) is 13.8 Å². The third-order valence-corrected chi connectivity index (χ3v) is 7.87. The molecule has 10 heteroatoms. The predicted molar refractivity (Wildman–Crippen MR) is 138 cm³/mol. The normalized spacial score (nSPS) is 14.2. The third-order valence-electron chi connectivity index (χ3n) is 5.94. The van der Waals surface area contributed by atoms with Gasteiger partial charge >= 0.3 is 5.63 Å². The number of rotatable bonds is 6. The molecule has 0 unspecified atom stereocenters. The van der Waals surface area contributed by atoms with Crippen molar-refractivity contribution in [2.24, 2.45) is 0 Å². The van der Waals surface area contributed by atoms with E-state index < -0.39 is 5.63 Å². The topological polar surface area (TPSA) is 82.9 Å². The molecule has 35 heavy (non-hydrogen) atoms. The largest absolute Gasteiger partial charge is 0.427 e. The van der Waals surface area contributed by atoms with Gasteiger partial charge in [-0.05, 0) is 43.2 Å². The second kappa shape index (κ2) is 11.0. The number of nitrogens with zero attached hydrogens (tertiary/aromatic N) is 2. The first kappa shape index (κ1) is 25.4. The van der Waals surface area contributed by atoms with Gasteiger partial charge in [-0.15, -0.1) is 11.3 Å². The Morgan fingerprint density at radius 3 is 2.54 bits per heavy atom. The summed E-state index contributed by atoms with van der Waals surface area (Å²) in [5.74, 6) is 0.0794. The van der Waals surface area contributed by atoms with E-state index in [-0.39, 0.29) is 11.8 Å². The van der Waals surface area contributed by atoms with Crippen molar-refractivity contribution >= 4 is 46.4 Å². The minimum atomic E-state index is -0.446. The second-order valence-corrected chi connectivity index (χ2v) is 10.4. The highest BCUT2D eigenvalue weighted by Crippen LogP contribution is 2.26. The number of hydrogen-bond acceptors (Lipinski definition) is 6. The Kier molecular flexibility index (Phi) is 7.96. The van der Waals surface area contributed by atoms with Gasteiger partial charge in [0.2, 0.25) is 0 Å². The standard InChI is InChI=1S/C25H25Cl2N3O4S/c1-15-12-21(31)34-16(2)22(15)25(33)30-10-8-29(9-11-30)14-18-6-7-20(35-18)24(32)28-13-17-4-3-5-19(26)23(17)27/h3-7,12H,8-11,13-14H2,1-2H3,(H,28,32). The molecule has 3 heterocycles. The fourth-order valence-electron chi connectivity index (χ4n) is 4.10. The van der Waals surface area contributed by atoms with Crippen LogP contribution < -0.4 is 10.9 Å². The summed E-state index contributed by atoms with van der Waals surface area (Å²) in [4.78, 5) is 42.8. The molecule has 0 aliphatic carbocycles. The van der Waals surface area contributed by atoms with Crippen LogP contribution in [0.5, 0.6) is 0 Å². The van der Waals surface area contributed by atoms with Gasteiger partial charge in [0.15, 0.2) is 0 Å². The molecule has 2 amide bonds. The van der Waals surface area contributed by atoms with E-state index in [1.54, 1.807) is 30.9 Å². The summed E-state index contributed by atoms with van der Waals surface area (Å²) in [6.45, 7) is 6.99. The molecule has 2 aromatic heterocycles. The fraction of sp³-hybridized carbons (Fsp3) is 0.320. The summed E-state index contributed by atoms with van der Waals surface area (Å²) in [6, 6.07) is 10.5. The highest BCUT2D eigenvalue weighted by atomic mass is 35.5. The molecule has 4 rings (SSSR count). The van der Waals surface area contributed by atoms with Gasteiger partial charge < -0.3 is 14.6 Å². The van der Waals surface area contributed by atoms with Crippen molar-refractivity contribution in [1.82, 2.24) is 15.1 Å². The van der Waals surface area contributed by atoms with Crippen molar-refractivity contribution in [1.29, 1.82) is 0 Å². The first-order chi connectivity index (χ1) is 16.7. The smallest absolute Gasteiger partial charge is 0.336 e. The van der Waals surface area contributed by atoms with Crippen molar-refractivity contribution in [2.75, 3.05) is 26.2 Å². The maximum atomic E-state index is 13.0. The predicted octanol–water partition coefficient (Wildman–Crippen LogP) is 4.51. The number of nitrogens with one attached hydrogen (secondary N) is 1. The average Bonchev–Trinajstić information content (AvgIpc) is 3.28. The van der Waals surface area contributed by atoms with Crippen LogP contribution in [0.15, 0.2) is 45.6 Å². The van der Waals surface area contributed by atoms with Gasteiger partial charge in [-0.25, -0.2) is 4.79 Å². The first-order valence-corrected chi connectivity index (χ1v) is 12.7. The zero-order valence-corrected chi connectivity index (χ0v) is 21.7. The van der Waals surface area contributed by atoms with E-state index in [2.05, 4.69) is 10.2 Å². The summed E-state index contributed by atoms with van der Waals surface area (Å²) >= 11 is 13.7. The molecule has 0 atom stereocenters. The summed E-state index contributed by atoms with van der Waals surface area (Å²) in [6.07, 6.45) is 0. The highest BCUT2D eigenvalue weighted by Gasteiger charge is 2.26. The SMILES string of the molecule is Cc1cc(=O)oc(C)c1C(=O)N1CCN(Cc2ccc(C(=O)NCc3cccc(Cl)c3Cl)s2)CC1. The number of amides is 2. The van der Waals surface area contributed by atoms with Gasteiger partial charge in [-0.2, -0.15) is 0 Å². The molecule has 0 saturated carbocycles. The van der Waals surface area contributed by atoms with E-state index in [4.69, 9.17) is 27.6 Å². The van der Waals surface area contributed by atoms with E-state index in [9.17, 15) is 14.4 Å². The molecular formula is C25H25Cl2N3O4S. The van der Waals surface area contributed by atoms with Crippen LogP contribution in [-0.4, -0.2) is 47.8 Å². The van der Waals surface area contributed by atoms with Gasteiger partial charge in [0.25, 0.3) is 11.8 Å². The zero-order valence-electron chi connectivity index (χ0n) is 19.4. The van der Waals surface area contributed by atoms with Gasteiger partial charge in [-0.3, -0.25) is 14.5 Å². The lowest BCUT2D eigenvalue weighted by Crippen LogP contribution is -2.48. The molecule has 0 radical (unpaired) electrons. The average molecular weight is 534 g/mol. The Bertz CT molecular complexity index is 1290. The highest BCUT2D eigenvalue weighted by molar-refractivity contribution is 7.14. The number of aryl methyl sites for hydroxylation is 2. The monoisotopic (exact) mass is 533 g/mol. The lowest BCUT2D eigenvalue weighted by atomic mass is 10.1. The van der Waals surface area contributed by atoms with E-state index in [0.717, 1.165) is 10.4 Å². The van der Waals surface area contributed by atoms with Gasteiger partial charge in [0, 0.05) is 50.2 Å². The number of benzene rings is 1. The Labute approximate surface area is 217 Å². The molecular weight excluding hydrogens is 509 g/mol. The minimum Gasteiger partial charge on any atom is -0.427 e. The lowest BCUT2D eigenvalue weighted by molar-refractivity contribution is 0.0624. The maximum Gasteiger partial charge on any atom is 0.336 e. The Morgan fingerprint density at radius 2 is 1.83 bits per heavy atom. The van der Waals surface area contributed by atoms with E-state index in [0.29, 0.717) is 71.1 Å². The van der Waals surface area contributed by atoms with Crippen LogP contribution in [0.25, 0.3) is 0 Å². The molecule has 1 aromatic carbocycles. The third kappa shape index (κ3) is 5.95. The summed E-state index contributed by atoms with van der Waals surface area (Å²) in [5.41, 5.74) is 1.41. The van der Waals surface area contributed by atoms with Crippen LogP contribution >= 0.6 is 34.5 Å². The van der Waals surface area contributed by atoms with Crippen LogP contribution in [0.1, 0.15) is 41.8 Å². The molecule has 3 aromatic rings. The van der Waals surface area contributed by atoms with Crippen molar-refractivity contribution in [2.45, 2.75) is 26.9 Å². The first-order valence-electron chi connectivity index (χ1n) is 11.2. The number of carbonyl (C=O) groups excluding carboxylic acids is 2. The number of hydrogen-bond donors (Lipinski definition) is 1. The second-order valence-electron chi connectivity index (χ2n) is 8.41. The Hall–Kier alpha value is -2.65. The number of piperazine rings is 1. The maximum absolute atomic E-state index is 13.0. The fourth-order valence-corrected chi connectivity index (χ4v) is 5.45. The van der Waals surface area contributed by atoms with Crippen LogP contribution in [0.3, 0.4) is 0 Å². The number of halogens is 2. The van der Waals surface area contributed by atoms with E-state index in [1.807, 2.05) is 18.2 Å². The van der Waals surface area contributed by atoms with Crippen LogP contribution in [0.4, 0.5) is 0 Å². The Morgan fingerprint density at radius 1 is 1.09 bits per heavy atom. The quantitative estimate of drug-likeness (QED) is 0.503.